The van der Waals surface area contributed by atoms with Gasteiger partial charge in [0, 0.05) is 18.3 Å². The lowest BCUT2D eigenvalue weighted by atomic mass is 10.1. The highest BCUT2D eigenvalue weighted by Gasteiger charge is 2.13. The Balaban J connectivity index is 2.40. The van der Waals surface area contributed by atoms with E-state index in [2.05, 4.69) is 12.0 Å². The van der Waals surface area contributed by atoms with Crippen molar-refractivity contribution in [2.45, 2.75) is 26.3 Å². The Morgan fingerprint density at radius 2 is 2.00 bits per heavy atom. The molecule has 0 atom stereocenters. The van der Waals surface area contributed by atoms with Gasteiger partial charge in [-0.3, -0.25) is 9.48 Å². The highest BCUT2D eigenvalue weighted by atomic mass is 16.5. The molecule has 5 nitrogen and oxygen atoms in total. The number of aryl methyl sites for hydroxylation is 1. The molecule has 1 heterocycles. The van der Waals surface area contributed by atoms with Crippen LogP contribution in [-0.4, -0.2) is 30.3 Å². The second kappa shape index (κ2) is 6.92. The maximum Gasteiger partial charge on any atom is 0.161 e. The first kappa shape index (κ1) is 15.1. The molecule has 2 aromatic rings. The number of hydrogen-bond donors (Lipinski definition) is 0. The molecule has 0 aliphatic rings. The van der Waals surface area contributed by atoms with E-state index in [-0.39, 0.29) is 0 Å². The Morgan fingerprint density at radius 1 is 1.24 bits per heavy atom. The molecular weight excluding hydrogens is 268 g/mol. The van der Waals surface area contributed by atoms with Crippen LogP contribution < -0.4 is 9.47 Å². The molecule has 112 valence electrons. The topological polar surface area (TPSA) is 53.4 Å². The number of carbonyl (C=O) groups is 1. The molecule has 1 aromatic heterocycles. The molecule has 0 radical (unpaired) electrons. The third kappa shape index (κ3) is 3.24. The van der Waals surface area contributed by atoms with Gasteiger partial charge in [0.1, 0.15) is 5.69 Å². The monoisotopic (exact) mass is 288 g/mol. The lowest BCUT2D eigenvalue weighted by Crippen LogP contribution is -1.98. The van der Waals surface area contributed by atoms with E-state index in [1.807, 2.05) is 22.9 Å². The molecule has 1 aromatic carbocycles. The number of methoxy groups -OCH3 is 2. The lowest BCUT2D eigenvalue weighted by molar-refractivity contribution is 0.112. The average molecular weight is 288 g/mol. The van der Waals surface area contributed by atoms with Crippen molar-refractivity contribution in [3.8, 4) is 22.8 Å². The van der Waals surface area contributed by atoms with Crippen LogP contribution in [0.15, 0.2) is 24.4 Å². The van der Waals surface area contributed by atoms with Crippen molar-refractivity contribution in [3.63, 3.8) is 0 Å². The number of rotatable bonds is 7. The van der Waals surface area contributed by atoms with E-state index < -0.39 is 0 Å². The Labute approximate surface area is 124 Å². The van der Waals surface area contributed by atoms with E-state index in [0.29, 0.717) is 22.8 Å². The SMILES string of the molecule is CCCCn1cc(C=O)c(-c2ccc(OC)c(OC)c2)n1. The Hall–Kier alpha value is -2.30. The quantitative estimate of drug-likeness (QED) is 0.734. The molecule has 0 saturated carbocycles. The fourth-order valence-corrected chi connectivity index (χ4v) is 2.17. The fraction of sp³-hybridized carbons (Fsp3) is 0.375. The standard InChI is InChI=1S/C16H20N2O3/c1-4-5-8-18-10-13(11-19)16(17-18)12-6-7-14(20-2)15(9-12)21-3/h6-7,9-11H,4-5,8H2,1-3H3. The summed E-state index contributed by atoms with van der Waals surface area (Å²) in [6.45, 7) is 2.93. The van der Waals surface area contributed by atoms with Gasteiger partial charge in [0.15, 0.2) is 17.8 Å². The van der Waals surface area contributed by atoms with Crippen LogP contribution in [0.3, 0.4) is 0 Å². The number of nitrogens with zero attached hydrogens (tertiary/aromatic N) is 2. The first-order valence-electron chi connectivity index (χ1n) is 6.98. The van der Waals surface area contributed by atoms with E-state index in [0.717, 1.165) is 31.2 Å². The molecule has 0 aliphatic carbocycles. The Morgan fingerprint density at radius 3 is 2.62 bits per heavy atom. The van der Waals surface area contributed by atoms with Crippen molar-refractivity contribution >= 4 is 6.29 Å². The first-order chi connectivity index (χ1) is 10.2. The fourth-order valence-electron chi connectivity index (χ4n) is 2.17. The predicted molar refractivity (Wildman–Crippen MR) is 81.1 cm³/mol. The van der Waals surface area contributed by atoms with Crippen LogP contribution in [0.25, 0.3) is 11.3 Å². The van der Waals surface area contributed by atoms with Gasteiger partial charge in [-0.25, -0.2) is 0 Å². The molecule has 0 aliphatic heterocycles. The highest BCUT2D eigenvalue weighted by Crippen LogP contribution is 2.32. The third-order valence-corrected chi connectivity index (χ3v) is 3.31. The Kier molecular flexibility index (Phi) is 4.98. The van der Waals surface area contributed by atoms with E-state index in [1.54, 1.807) is 20.4 Å². The maximum atomic E-state index is 11.3. The molecule has 0 saturated heterocycles. The maximum absolute atomic E-state index is 11.3. The first-order valence-corrected chi connectivity index (χ1v) is 6.98. The summed E-state index contributed by atoms with van der Waals surface area (Å²) < 4.78 is 12.3. The number of aldehydes is 1. The zero-order valence-electron chi connectivity index (χ0n) is 12.6. The minimum absolute atomic E-state index is 0.582. The second-order valence-corrected chi connectivity index (χ2v) is 4.74. The summed E-state index contributed by atoms with van der Waals surface area (Å²) in [6, 6.07) is 5.52. The lowest BCUT2D eigenvalue weighted by Gasteiger charge is -2.08. The van der Waals surface area contributed by atoms with Crippen LogP contribution in [-0.2, 0) is 6.54 Å². The van der Waals surface area contributed by atoms with Crippen LogP contribution in [0.4, 0.5) is 0 Å². The number of hydrogen-bond acceptors (Lipinski definition) is 4. The number of carbonyl (C=O) groups excluding carboxylic acids is 1. The summed E-state index contributed by atoms with van der Waals surface area (Å²) in [5, 5.41) is 4.51. The summed E-state index contributed by atoms with van der Waals surface area (Å²) in [4.78, 5) is 11.3. The average Bonchev–Trinajstić information content (AvgIpc) is 2.95. The van der Waals surface area contributed by atoms with E-state index in [9.17, 15) is 4.79 Å². The molecule has 0 bridgehead atoms. The van der Waals surface area contributed by atoms with Gasteiger partial charge in [-0.05, 0) is 24.6 Å². The van der Waals surface area contributed by atoms with Crippen molar-refractivity contribution in [1.29, 1.82) is 0 Å². The molecule has 0 amide bonds. The molecule has 0 spiro atoms. The predicted octanol–water partition coefficient (Wildman–Crippen LogP) is 3.18. The summed E-state index contributed by atoms with van der Waals surface area (Å²) >= 11 is 0. The second-order valence-electron chi connectivity index (χ2n) is 4.74. The van der Waals surface area contributed by atoms with Crippen molar-refractivity contribution in [2.24, 2.45) is 0 Å². The summed E-state index contributed by atoms with van der Waals surface area (Å²) in [5.41, 5.74) is 2.09. The number of unbranched alkanes of at least 4 members (excludes halogenated alkanes) is 1. The van der Waals surface area contributed by atoms with Crippen molar-refractivity contribution in [1.82, 2.24) is 9.78 Å². The third-order valence-electron chi connectivity index (χ3n) is 3.31. The minimum Gasteiger partial charge on any atom is -0.493 e. The van der Waals surface area contributed by atoms with E-state index in [1.165, 1.54) is 0 Å². The van der Waals surface area contributed by atoms with Crippen molar-refractivity contribution in [3.05, 3.63) is 30.0 Å². The van der Waals surface area contributed by atoms with E-state index in [4.69, 9.17) is 9.47 Å². The Bertz CT molecular complexity index is 620. The smallest absolute Gasteiger partial charge is 0.161 e. The molecule has 5 heteroatoms. The van der Waals surface area contributed by atoms with Gasteiger partial charge in [-0.15, -0.1) is 0 Å². The highest BCUT2D eigenvalue weighted by molar-refractivity contribution is 5.85. The zero-order valence-corrected chi connectivity index (χ0v) is 12.6. The van der Waals surface area contributed by atoms with Gasteiger partial charge in [0.05, 0.1) is 19.8 Å². The molecule has 21 heavy (non-hydrogen) atoms. The minimum atomic E-state index is 0.582. The van der Waals surface area contributed by atoms with Gasteiger partial charge in [0.25, 0.3) is 0 Å². The van der Waals surface area contributed by atoms with Crippen LogP contribution in [0, 0.1) is 0 Å². The van der Waals surface area contributed by atoms with Crippen LogP contribution in [0.5, 0.6) is 11.5 Å². The number of ether oxygens (including phenoxy) is 2. The normalized spacial score (nSPS) is 10.4. The van der Waals surface area contributed by atoms with Crippen LogP contribution in [0.2, 0.25) is 0 Å². The molecule has 0 unspecified atom stereocenters. The van der Waals surface area contributed by atoms with Crippen molar-refractivity contribution in [2.75, 3.05) is 14.2 Å². The van der Waals surface area contributed by atoms with Gasteiger partial charge in [-0.1, -0.05) is 13.3 Å². The molecule has 2 rings (SSSR count). The summed E-state index contributed by atoms with van der Waals surface area (Å²) in [6.07, 6.45) is 4.74. The number of aromatic nitrogens is 2. The van der Waals surface area contributed by atoms with Gasteiger partial charge >= 0.3 is 0 Å². The van der Waals surface area contributed by atoms with Crippen LogP contribution >= 0.6 is 0 Å². The number of benzene rings is 1. The molecule has 0 fully saturated rings. The summed E-state index contributed by atoms with van der Waals surface area (Å²) in [5.74, 6) is 1.27. The largest absolute Gasteiger partial charge is 0.493 e. The van der Waals surface area contributed by atoms with Gasteiger partial charge < -0.3 is 9.47 Å². The van der Waals surface area contributed by atoms with Gasteiger partial charge in [-0.2, -0.15) is 5.10 Å². The van der Waals surface area contributed by atoms with Crippen LogP contribution in [0.1, 0.15) is 30.1 Å². The van der Waals surface area contributed by atoms with Crippen molar-refractivity contribution < 1.29 is 14.3 Å². The zero-order chi connectivity index (χ0) is 15.2. The summed E-state index contributed by atoms with van der Waals surface area (Å²) in [7, 11) is 3.18. The molecule has 0 N–H and O–H groups in total. The van der Waals surface area contributed by atoms with E-state index >= 15 is 0 Å². The molecular formula is C16H20N2O3. The van der Waals surface area contributed by atoms with Gasteiger partial charge in [0.2, 0.25) is 0 Å².